The minimum absolute atomic E-state index is 0.0417. The van der Waals surface area contributed by atoms with Crippen LogP contribution in [0, 0.1) is 6.92 Å². The quantitative estimate of drug-likeness (QED) is 0.678. The van der Waals surface area contributed by atoms with Crippen LogP contribution in [-0.2, 0) is 4.79 Å². The third kappa shape index (κ3) is 3.87. The van der Waals surface area contributed by atoms with Crippen LogP contribution in [0.15, 0.2) is 47.2 Å². The van der Waals surface area contributed by atoms with Crippen molar-refractivity contribution in [2.24, 2.45) is 0 Å². The van der Waals surface area contributed by atoms with Gasteiger partial charge in [0, 0.05) is 27.5 Å². The molecule has 6 heteroatoms. The van der Waals surface area contributed by atoms with Crippen LogP contribution in [0.3, 0.4) is 0 Å². The average Bonchev–Trinajstić information content (AvgIpc) is 3.36. The van der Waals surface area contributed by atoms with Gasteiger partial charge in [-0.1, -0.05) is 18.2 Å². The lowest BCUT2D eigenvalue weighted by Gasteiger charge is -2.22. The molecule has 0 saturated carbocycles. The maximum Gasteiger partial charge on any atom is 0.238 e. The molecule has 0 bridgehead atoms. The molecule has 1 amide bonds. The maximum absolute atomic E-state index is 12.6. The van der Waals surface area contributed by atoms with Crippen LogP contribution in [0.4, 0.5) is 5.69 Å². The van der Waals surface area contributed by atoms with Gasteiger partial charge in [-0.25, -0.2) is 4.98 Å². The van der Waals surface area contributed by atoms with Gasteiger partial charge in [-0.3, -0.25) is 9.69 Å². The van der Waals surface area contributed by atoms with Crippen LogP contribution >= 0.6 is 22.7 Å². The number of likely N-dealkylation sites (tertiary alicyclic amines) is 1. The van der Waals surface area contributed by atoms with E-state index in [9.17, 15) is 4.79 Å². The maximum atomic E-state index is 12.6. The molecule has 1 aliphatic rings. The van der Waals surface area contributed by atoms with Crippen molar-refractivity contribution in [1.82, 2.24) is 9.88 Å². The Balaban J connectivity index is 1.42. The van der Waals surface area contributed by atoms with Crippen molar-refractivity contribution in [2.45, 2.75) is 25.8 Å². The highest BCUT2D eigenvalue weighted by Gasteiger charge is 2.28. The number of carbonyl (C=O) groups excluding carboxylic acids is 1. The van der Waals surface area contributed by atoms with E-state index in [4.69, 9.17) is 0 Å². The Morgan fingerprint density at radius 2 is 2.23 bits per heavy atom. The lowest BCUT2D eigenvalue weighted by molar-refractivity contribution is -0.117. The van der Waals surface area contributed by atoms with E-state index >= 15 is 0 Å². The molecular formula is C20H21N3OS2. The largest absolute Gasteiger partial charge is 0.325 e. The fourth-order valence-electron chi connectivity index (χ4n) is 3.46. The van der Waals surface area contributed by atoms with Crippen LogP contribution in [-0.4, -0.2) is 28.9 Å². The van der Waals surface area contributed by atoms with Gasteiger partial charge in [0.15, 0.2) is 0 Å². The van der Waals surface area contributed by atoms with Crippen molar-refractivity contribution in [3.63, 3.8) is 0 Å². The molecule has 4 rings (SSSR count). The first-order chi connectivity index (χ1) is 12.7. The van der Waals surface area contributed by atoms with Gasteiger partial charge in [0.2, 0.25) is 5.91 Å². The van der Waals surface area contributed by atoms with Gasteiger partial charge in [-0.2, -0.15) is 0 Å². The van der Waals surface area contributed by atoms with Crippen molar-refractivity contribution in [3.8, 4) is 11.3 Å². The van der Waals surface area contributed by atoms with Crippen molar-refractivity contribution in [3.05, 3.63) is 57.0 Å². The number of thiazole rings is 1. The van der Waals surface area contributed by atoms with Crippen molar-refractivity contribution in [1.29, 1.82) is 0 Å². The minimum atomic E-state index is 0.0417. The second kappa shape index (κ2) is 7.70. The van der Waals surface area contributed by atoms with E-state index in [0.717, 1.165) is 41.3 Å². The zero-order chi connectivity index (χ0) is 17.9. The second-order valence-electron chi connectivity index (χ2n) is 6.52. The summed E-state index contributed by atoms with van der Waals surface area (Å²) in [7, 11) is 0. The van der Waals surface area contributed by atoms with Gasteiger partial charge < -0.3 is 5.32 Å². The summed E-state index contributed by atoms with van der Waals surface area (Å²) in [5, 5.41) is 8.25. The molecule has 0 radical (unpaired) electrons. The van der Waals surface area contributed by atoms with E-state index in [1.807, 2.05) is 36.6 Å². The molecule has 3 aromatic rings. The molecule has 1 aromatic carbocycles. The number of aryl methyl sites for hydroxylation is 1. The minimum Gasteiger partial charge on any atom is -0.325 e. The normalized spacial score (nSPS) is 17.5. The number of aromatic nitrogens is 1. The molecule has 0 aliphatic carbocycles. The molecule has 1 saturated heterocycles. The lowest BCUT2D eigenvalue weighted by atomic mass is 10.1. The smallest absolute Gasteiger partial charge is 0.238 e. The van der Waals surface area contributed by atoms with Crippen molar-refractivity contribution in [2.75, 3.05) is 18.4 Å². The third-order valence-electron chi connectivity index (χ3n) is 4.64. The molecule has 1 aliphatic heterocycles. The van der Waals surface area contributed by atoms with Crippen molar-refractivity contribution < 1.29 is 4.79 Å². The molecule has 26 heavy (non-hydrogen) atoms. The Morgan fingerprint density at radius 3 is 3.00 bits per heavy atom. The molecule has 1 N–H and O–H groups in total. The highest BCUT2D eigenvalue weighted by Crippen LogP contribution is 2.34. The highest BCUT2D eigenvalue weighted by atomic mass is 32.1. The van der Waals surface area contributed by atoms with Crippen molar-refractivity contribution >= 4 is 34.3 Å². The number of rotatable bonds is 5. The number of nitrogens with zero attached hydrogens (tertiary/aromatic N) is 2. The summed E-state index contributed by atoms with van der Waals surface area (Å²) < 4.78 is 0. The number of hydrogen-bond acceptors (Lipinski definition) is 5. The molecule has 1 atom stereocenters. The predicted molar refractivity (Wildman–Crippen MR) is 109 cm³/mol. The fraction of sp³-hybridized carbons (Fsp3) is 0.300. The van der Waals surface area contributed by atoms with E-state index in [1.165, 1.54) is 4.88 Å². The van der Waals surface area contributed by atoms with Crippen LogP contribution in [0.1, 0.15) is 28.8 Å². The molecule has 0 unspecified atom stereocenters. The Bertz CT molecular complexity index is 888. The molecule has 0 spiro atoms. The Morgan fingerprint density at radius 1 is 1.31 bits per heavy atom. The van der Waals surface area contributed by atoms with Gasteiger partial charge in [-0.05, 0) is 49.9 Å². The average molecular weight is 384 g/mol. The number of anilines is 1. The molecule has 134 valence electrons. The summed E-state index contributed by atoms with van der Waals surface area (Å²) in [5.74, 6) is 0.0417. The first-order valence-electron chi connectivity index (χ1n) is 8.79. The monoisotopic (exact) mass is 383 g/mol. The number of nitrogens with one attached hydrogen (secondary N) is 1. The standard InChI is InChI=1S/C20H21N3OS2/c1-14-21-17(13-26-14)15-5-2-6-16(11-15)22-20(24)12-23-9-3-7-18(23)19-8-4-10-25-19/h2,4-6,8,10-11,13,18H,3,7,9,12H2,1H3,(H,22,24)/t18-/m1/s1. The zero-order valence-electron chi connectivity index (χ0n) is 14.6. The van der Waals surface area contributed by atoms with Crippen LogP contribution in [0.25, 0.3) is 11.3 Å². The summed E-state index contributed by atoms with van der Waals surface area (Å²) in [5.41, 5.74) is 2.82. The summed E-state index contributed by atoms with van der Waals surface area (Å²) in [6.07, 6.45) is 2.28. The van der Waals surface area contributed by atoms with Gasteiger partial charge in [0.05, 0.1) is 17.2 Å². The molecular weight excluding hydrogens is 362 g/mol. The topological polar surface area (TPSA) is 45.2 Å². The number of benzene rings is 1. The number of thiophene rings is 1. The first-order valence-corrected chi connectivity index (χ1v) is 10.5. The second-order valence-corrected chi connectivity index (χ2v) is 8.57. The zero-order valence-corrected chi connectivity index (χ0v) is 16.3. The van der Waals surface area contributed by atoms with Gasteiger partial charge >= 0.3 is 0 Å². The van der Waals surface area contributed by atoms with Gasteiger partial charge in [0.25, 0.3) is 0 Å². The number of hydrogen-bond donors (Lipinski definition) is 1. The summed E-state index contributed by atoms with van der Waals surface area (Å²) in [4.78, 5) is 20.7. The summed E-state index contributed by atoms with van der Waals surface area (Å²) in [6.45, 7) is 3.41. The molecule has 1 fully saturated rings. The van der Waals surface area contributed by atoms with E-state index in [1.54, 1.807) is 22.7 Å². The SMILES string of the molecule is Cc1nc(-c2cccc(NC(=O)CN3CCC[C@@H]3c3cccs3)c2)cs1. The van der Waals surface area contributed by atoms with E-state index < -0.39 is 0 Å². The van der Waals surface area contributed by atoms with Gasteiger partial charge in [0.1, 0.15) is 0 Å². The van der Waals surface area contributed by atoms with Crippen LogP contribution in [0.5, 0.6) is 0 Å². The highest BCUT2D eigenvalue weighted by molar-refractivity contribution is 7.10. The predicted octanol–water partition coefficient (Wildman–Crippen LogP) is 4.96. The summed E-state index contributed by atoms with van der Waals surface area (Å²) >= 11 is 3.41. The molecule has 2 aromatic heterocycles. The van der Waals surface area contributed by atoms with Crippen LogP contribution in [0.2, 0.25) is 0 Å². The van der Waals surface area contributed by atoms with Gasteiger partial charge in [-0.15, -0.1) is 22.7 Å². The molecule has 4 nitrogen and oxygen atoms in total. The fourth-order valence-corrected chi connectivity index (χ4v) is 4.97. The Hall–Kier alpha value is -2.02. The Labute approximate surface area is 161 Å². The summed E-state index contributed by atoms with van der Waals surface area (Å²) in [6, 6.07) is 12.5. The van der Waals surface area contributed by atoms with E-state index in [0.29, 0.717) is 12.6 Å². The van der Waals surface area contributed by atoms with E-state index in [-0.39, 0.29) is 5.91 Å². The van der Waals surface area contributed by atoms with E-state index in [2.05, 4.69) is 32.7 Å². The molecule has 3 heterocycles. The number of amides is 1. The lowest BCUT2D eigenvalue weighted by Crippen LogP contribution is -2.32. The number of carbonyl (C=O) groups is 1. The van der Waals surface area contributed by atoms with Crippen LogP contribution < -0.4 is 5.32 Å². The third-order valence-corrected chi connectivity index (χ3v) is 6.39. The Kier molecular flexibility index (Phi) is 5.15. The first kappa shape index (κ1) is 17.4.